The van der Waals surface area contributed by atoms with E-state index in [9.17, 15) is 14.0 Å². The predicted molar refractivity (Wildman–Crippen MR) is 69.7 cm³/mol. The van der Waals surface area contributed by atoms with Crippen molar-refractivity contribution in [1.29, 1.82) is 0 Å². The largest absolute Gasteiger partial charge is 0.452 e. The Hall–Kier alpha value is -2.17. The van der Waals surface area contributed by atoms with Crippen molar-refractivity contribution in [2.24, 2.45) is 0 Å². The minimum Gasteiger partial charge on any atom is -0.452 e. The summed E-state index contributed by atoms with van der Waals surface area (Å²) in [6.45, 7) is 3.31. The van der Waals surface area contributed by atoms with Crippen LogP contribution in [0.1, 0.15) is 19.4 Å². The molecule has 19 heavy (non-hydrogen) atoms. The molecular formula is C14H16FNO3. The second-order valence-electron chi connectivity index (χ2n) is 4.21. The topological polar surface area (TPSA) is 55.4 Å². The molecule has 0 spiro atoms. The van der Waals surface area contributed by atoms with Gasteiger partial charge in [0, 0.05) is 12.1 Å². The Morgan fingerprint density at radius 1 is 1.32 bits per heavy atom. The molecule has 0 heterocycles. The highest BCUT2D eigenvalue weighted by Crippen LogP contribution is 2.04. The molecule has 0 aliphatic carbocycles. The van der Waals surface area contributed by atoms with E-state index in [1.807, 2.05) is 13.8 Å². The number of nitrogens with one attached hydrogen (secondary N) is 1. The summed E-state index contributed by atoms with van der Waals surface area (Å²) in [5, 5.41) is 2.60. The summed E-state index contributed by atoms with van der Waals surface area (Å²) < 4.78 is 17.4. The highest BCUT2D eigenvalue weighted by Gasteiger charge is 2.05. The van der Waals surface area contributed by atoms with Crippen LogP contribution in [-0.4, -0.2) is 24.5 Å². The summed E-state index contributed by atoms with van der Waals surface area (Å²) >= 11 is 0. The molecule has 4 nitrogen and oxygen atoms in total. The summed E-state index contributed by atoms with van der Waals surface area (Å²) in [4.78, 5) is 22.5. The van der Waals surface area contributed by atoms with Gasteiger partial charge in [-0.1, -0.05) is 12.1 Å². The van der Waals surface area contributed by atoms with Crippen LogP contribution in [-0.2, 0) is 14.3 Å². The van der Waals surface area contributed by atoms with Crippen molar-refractivity contribution in [3.8, 4) is 0 Å². The number of carbonyl (C=O) groups is 2. The van der Waals surface area contributed by atoms with Crippen LogP contribution in [0.2, 0.25) is 0 Å². The maximum atomic E-state index is 12.6. The molecule has 0 fully saturated rings. The van der Waals surface area contributed by atoms with Gasteiger partial charge >= 0.3 is 5.97 Å². The molecule has 0 unspecified atom stereocenters. The molecule has 0 atom stereocenters. The smallest absolute Gasteiger partial charge is 0.331 e. The highest BCUT2D eigenvalue weighted by atomic mass is 19.1. The number of hydrogen-bond acceptors (Lipinski definition) is 3. The van der Waals surface area contributed by atoms with Crippen LogP contribution in [0.3, 0.4) is 0 Å². The summed E-state index contributed by atoms with van der Waals surface area (Å²) in [7, 11) is 0. The average molecular weight is 265 g/mol. The van der Waals surface area contributed by atoms with Gasteiger partial charge in [0.2, 0.25) is 0 Å². The van der Waals surface area contributed by atoms with Crippen LogP contribution in [0, 0.1) is 5.82 Å². The molecule has 0 bridgehead atoms. The zero-order valence-electron chi connectivity index (χ0n) is 10.9. The second-order valence-corrected chi connectivity index (χ2v) is 4.21. The Morgan fingerprint density at radius 2 is 1.95 bits per heavy atom. The number of esters is 1. The van der Waals surface area contributed by atoms with E-state index in [2.05, 4.69) is 5.32 Å². The van der Waals surface area contributed by atoms with E-state index < -0.39 is 5.97 Å². The summed E-state index contributed by atoms with van der Waals surface area (Å²) in [6.07, 6.45) is 2.68. The van der Waals surface area contributed by atoms with Crippen LogP contribution in [0.15, 0.2) is 30.3 Å². The third kappa shape index (κ3) is 6.35. The Balaban J connectivity index is 2.39. The van der Waals surface area contributed by atoms with Crippen LogP contribution in [0.25, 0.3) is 6.08 Å². The quantitative estimate of drug-likeness (QED) is 0.653. The summed E-state index contributed by atoms with van der Waals surface area (Å²) in [5.41, 5.74) is 0.671. The Bertz CT molecular complexity index is 466. The Labute approximate surface area is 111 Å². The van der Waals surface area contributed by atoms with Gasteiger partial charge in [-0.2, -0.15) is 0 Å². The van der Waals surface area contributed by atoms with E-state index in [1.165, 1.54) is 36.4 Å². The number of benzene rings is 1. The van der Waals surface area contributed by atoms with Crippen molar-refractivity contribution in [1.82, 2.24) is 5.32 Å². The number of ether oxygens (including phenoxy) is 1. The molecule has 1 aromatic carbocycles. The van der Waals surface area contributed by atoms with Gasteiger partial charge in [-0.25, -0.2) is 9.18 Å². The minimum atomic E-state index is -0.622. The van der Waals surface area contributed by atoms with Gasteiger partial charge in [0.05, 0.1) is 0 Å². The van der Waals surface area contributed by atoms with Crippen molar-refractivity contribution < 1.29 is 18.7 Å². The summed E-state index contributed by atoms with van der Waals surface area (Å²) in [5.74, 6) is -1.31. The molecule has 5 heteroatoms. The SMILES string of the molecule is CC(C)NC(=O)COC(=O)C=Cc1ccc(F)cc1. The van der Waals surface area contributed by atoms with Crippen molar-refractivity contribution in [3.05, 3.63) is 41.7 Å². The lowest BCUT2D eigenvalue weighted by Crippen LogP contribution is -2.33. The second kappa shape index (κ2) is 7.31. The maximum Gasteiger partial charge on any atom is 0.331 e. The van der Waals surface area contributed by atoms with E-state index in [1.54, 1.807) is 0 Å². The van der Waals surface area contributed by atoms with E-state index >= 15 is 0 Å². The molecule has 0 aliphatic rings. The Kier molecular flexibility index (Phi) is 5.73. The molecule has 1 rings (SSSR count). The van der Waals surface area contributed by atoms with Gasteiger partial charge in [0.1, 0.15) is 5.82 Å². The maximum absolute atomic E-state index is 12.6. The van der Waals surface area contributed by atoms with Crippen molar-refractivity contribution in [3.63, 3.8) is 0 Å². The first kappa shape index (κ1) is 14.9. The predicted octanol–water partition coefficient (Wildman–Crippen LogP) is 1.91. The summed E-state index contributed by atoms with van der Waals surface area (Å²) in [6, 6.07) is 5.65. The first-order chi connectivity index (χ1) is 8.97. The van der Waals surface area contributed by atoms with Crippen LogP contribution in [0.5, 0.6) is 0 Å². The molecule has 1 aromatic rings. The van der Waals surface area contributed by atoms with Gasteiger partial charge in [0.25, 0.3) is 5.91 Å². The van der Waals surface area contributed by atoms with Gasteiger partial charge in [0.15, 0.2) is 6.61 Å². The van der Waals surface area contributed by atoms with Crippen molar-refractivity contribution >= 4 is 18.0 Å². The molecule has 0 saturated heterocycles. The molecule has 1 N–H and O–H groups in total. The molecular weight excluding hydrogens is 249 g/mol. The van der Waals surface area contributed by atoms with Gasteiger partial charge in [-0.15, -0.1) is 0 Å². The fourth-order valence-corrected chi connectivity index (χ4v) is 1.29. The fourth-order valence-electron chi connectivity index (χ4n) is 1.29. The molecule has 102 valence electrons. The van der Waals surface area contributed by atoms with Gasteiger partial charge in [-0.05, 0) is 37.6 Å². The highest BCUT2D eigenvalue weighted by molar-refractivity contribution is 5.89. The molecule has 1 amide bonds. The third-order valence-corrected chi connectivity index (χ3v) is 2.08. The van der Waals surface area contributed by atoms with E-state index in [0.29, 0.717) is 5.56 Å². The van der Waals surface area contributed by atoms with E-state index in [-0.39, 0.29) is 24.4 Å². The van der Waals surface area contributed by atoms with Crippen molar-refractivity contribution in [2.75, 3.05) is 6.61 Å². The molecule has 0 radical (unpaired) electrons. The van der Waals surface area contributed by atoms with Crippen LogP contribution in [0.4, 0.5) is 4.39 Å². The lowest BCUT2D eigenvalue weighted by Gasteiger charge is -2.07. The molecule has 0 aromatic heterocycles. The first-order valence-corrected chi connectivity index (χ1v) is 5.87. The average Bonchev–Trinajstić information content (AvgIpc) is 2.35. The zero-order chi connectivity index (χ0) is 14.3. The standard InChI is InChI=1S/C14H16FNO3/c1-10(2)16-13(17)9-19-14(18)8-5-11-3-6-12(15)7-4-11/h3-8,10H,9H2,1-2H3,(H,16,17). The van der Waals surface area contributed by atoms with Crippen LogP contribution < -0.4 is 5.32 Å². The lowest BCUT2D eigenvalue weighted by molar-refractivity contribution is -0.143. The van der Waals surface area contributed by atoms with E-state index in [4.69, 9.17) is 4.74 Å². The van der Waals surface area contributed by atoms with Gasteiger partial charge in [-0.3, -0.25) is 4.79 Å². The normalized spacial score (nSPS) is 10.7. The van der Waals surface area contributed by atoms with Gasteiger partial charge < -0.3 is 10.1 Å². The van der Waals surface area contributed by atoms with Crippen molar-refractivity contribution in [2.45, 2.75) is 19.9 Å². The number of carbonyl (C=O) groups excluding carboxylic acids is 2. The number of hydrogen-bond donors (Lipinski definition) is 1. The third-order valence-electron chi connectivity index (χ3n) is 2.08. The molecule has 0 aliphatic heterocycles. The van der Waals surface area contributed by atoms with E-state index in [0.717, 1.165) is 0 Å². The monoisotopic (exact) mass is 265 g/mol. The zero-order valence-corrected chi connectivity index (χ0v) is 10.9. The minimum absolute atomic E-state index is 0.000888. The molecule has 0 saturated carbocycles. The first-order valence-electron chi connectivity index (χ1n) is 5.87. The lowest BCUT2D eigenvalue weighted by atomic mass is 10.2. The number of amides is 1. The fraction of sp³-hybridized carbons (Fsp3) is 0.286. The van der Waals surface area contributed by atoms with Crippen LogP contribution >= 0.6 is 0 Å². The Morgan fingerprint density at radius 3 is 2.53 bits per heavy atom. The number of halogens is 1. The number of rotatable bonds is 5.